The number of benzene rings is 1. The van der Waals surface area contributed by atoms with E-state index < -0.39 is 0 Å². The van der Waals surface area contributed by atoms with Crippen LogP contribution < -0.4 is 11.2 Å². The number of imidazole rings is 1. The molecule has 1 N–H and O–H groups in total. The monoisotopic (exact) mass is 479 g/mol. The van der Waals surface area contributed by atoms with Crippen molar-refractivity contribution in [2.24, 2.45) is 20.0 Å². The zero-order chi connectivity index (χ0) is 24.3. The van der Waals surface area contributed by atoms with E-state index in [1.807, 2.05) is 56.8 Å². The Labute approximate surface area is 200 Å². The van der Waals surface area contributed by atoms with E-state index in [0.29, 0.717) is 40.7 Å². The summed E-state index contributed by atoms with van der Waals surface area (Å²) in [4.78, 5) is 34.3. The standard InChI is InChI=1S/C24H26ClN7O2/c1-13(2)11-31-21-19(23(33)30(5)24(31)34)20(22-26-8-9-29(22)4)32(28-21)12-17-14(3)27-18-7-6-15(25)10-16(17)18/h6-10,13,27H,11-12H2,1-5H3. The number of fused-ring (bicyclic) bond motifs is 2. The summed E-state index contributed by atoms with van der Waals surface area (Å²) in [6.45, 7) is 6.88. The summed E-state index contributed by atoms with van der Waals surface area (Å²) in [5.74, 6) is 0.794. The minimum Gasteiger partial charge on any atom is -0.358 e. The summed E-state index contributed by atoms with van der Waals surface area (Å²) in [6, 6.07) is 5.72. The lowest BCUT2D eigenvalue weighted by Crippen LogP contribution is -2.38. The highest BCUT2D eigenvalue weighted by Crippen LogP contribution is 2.30. The number of aromatic nitrogens is 7. The predicted octanol–water partition coefficient (Wildman–Crippen LogP) is 3.44. The molecular weight excluding hydrogens is 454 g/mol. The molecule has 10 heteroatoms. The fourth-order valence-corrected chi connectivity index (χ4v) is 4.71. The summed E-state index contributed by atoms with van der Waals surface area (Å²) in [5, 5.41) is 6.85. The lowest BCUT2D eigenvalue weighted by atomic mass is 10.1. The van der Waals surface area contributed by atoms with Crippen molar-refractivity contribution in [1.29, 1.82) is 0 Å². The van der Waals surface area contributed by atoms with E-state index in [2.05, 4.69) is 9.97 Å². The van der Waals surface area contributed by atoms with Crippen LogP contribution in [-0.4, -0.2) is 33.4 Å². The van der Waals surface area contributed by atoms with Gasteiger partial charge < -0.3 is 9.55 Å². The van der Waals surface area contributed by atoms with Crippen molar-refractivity contribution in [3.05, 3.63) is 67.7 Å². The highest BCUT2D eigenvalue weighted by atomic mass is 35.5. The van der Waals surface area contributed by atoms with Crippen molar-refractivity contribution in [1.82, 2.24) is 33.4 Å². The van der Waals surface area contributed by atoms with Gasteiger partial charge in [-0.15, -0.1) is 0 Å². The van der Waals surface area contributed by atoms with Crippen LogP contribution in [0, 0.1) is 12.8 Å². The van der Waals surface area contributed by atoms with Gasteiger partial charge in [0.25, 0.3) is 5.56 Å². The molecule has 0 saturated heterocycles. The van der Waals surface area contributed by atoms with E-state index in [1.165, 1.54) is 7.05 Å². The van der Waals surface area contributed by atoms with Gasteiger partial charge in [-0.25, -0.2) is 9.78 Å². The molecular formula is C24H26ClN7O2. The minimum atomic E-state index is -0.386. The summed E-state index contributed by atoms with van der Waals surface area (Å²) in [7, 11) is 3.38. The Morgan fingerprint density at radius 3 is 2.62 bits per heavy atom. The maximum atomic E-state index is 13.4. The zero-order valence-electron chi connectivity index (χ0n) is 19.8. The van der Waals surface area contributed by atoms with Gasteiger partial charge in [0.05, 0.1) is 6.54 Å². The van der Waals surface area contributed by atoms with Crippen LogP contribution in [0.25, 0.3) is 33.5 Å². The molecule has 5 rings (SSSR count). The van der Waals surface area contributed by atoms with Gasteiger partial charge in [-0.2, -0.15) is 5.10 Å². The van der Waals surface area contributed by atoms with E-state index in [4.69, 9.17) is 16.7 Å². The van der Waals surface area contributed by atoms with Gasteiger partial charge in [-0.3, -0.25) is 18.6 Å². The molecule has 0 amide bonds. The zero-order valence-corrected chi connectivity index (χ0v) is 20.5. The Balaban J connectivity index is 1.86. The molecule has 0 aliphatic rings. The molecule has 0 spiro atoms. The molecule has 0 unspecified atom stereocenters. The van der Waals surface area contributed by atoms with Gasteiger partial charge >= 0.3 is 5.69 Å². The molecule has 0 fully saturated rings. The third-order valence-electron chi connectivity index (χ3n) is 6.20. The maximum absolute atomic E-state index is 13.4. The molecule has 1 aromatic carbocycles. The number of nitrogens with one attached hydrogen (secondary N) is 1. The summed E-state index contributed by atoms with van der Waals surface area (Å²) in [6.07, 6.45) is 3.51. The number of aryl methyl sites for hydroxylation is 2. The fraction of sp³-hybridized carbons (Fsp3) is 0.333. The number of hydrogen-bond donors (Lipinski definition) is 1. The van der Waals surface area contributed by atoms with Crippen LogP contribution in [0.5, 0.6) is 0 Å². The van der Waals surface area contributed by atoms with Crippen LogP contribution in [0.4, 0.5) is 0 Å². The van der Waals surface area contributed by atoms with Crippen molar-refractivity contribution in [3.63, 3.8) is 0 Å². The van der Waals surface area contributed by atoms with Crippen LogP contribution in [-0.2, 0) is 27.2 Å². The molecule has 34 heavy (non-hydrogen) atoms. The van der Waals surface area contributed by atoms with Crippen molar-refractivity contribution >= 4 is 33.5 Å². The quantitative estimate of drug-likeness (QED) is 0.417. The number of H-pyrrole nitrogens is 1. The molecule has 0 bridgehead atoms. The average Bonchev–Trinajstić information content (AvgIpc) is 3.45. The number of halogens is 1. The molecule has 9 nitrogen and oxygen atoms in total. The van der Waals surface area contributed by atoms with E-state index in [-0.39, 0.29) is 17.2 Å². The Morgan fingerprint density at radius 1 is 1.18 bits per heavy atom. The second-order valence-electron chi connectivity index (χ2n) is 9.14. The van der Waals surface area contributed by atoms with E-state index in [1.54, 1.807) is 15.4 Å². The Bertz CT molecular complexity index is 1680. The van der Waals surface area contributed by atoms with E-state index in [0.717, 1.165) is 26.7 Å². The van der Waals surface area contributed by atoms with Gasteiger partial charge in [0, 0.05) is 60.2 Å². The molecule has 4 heterocycles. The number of rotatable bonds is 5. The lowest BCUT2D eigenvalue weighted by molar-refractivity contribution is 0.498. The summed E-state index contributed by atoms with van der Waals surface area (Å²) in [5.41, 5.74) is 3.15. The van der Waals surface area contributed by atoms with Gasteiger partial charge in [0.15, 0.2) is 11.5 Å². The van der Waals surface area contributed by atoms with Crippen molar-refractivity contribution in [2.45, 2.75) is 33.9 Å². The second-order valence-corrected chi connectivity index (χ2v) is 9.57. The molecule has 0 aliphatic carbocycles. The first-order valence-corrected chi connectivity index (χ1v) is 11.5. The largest absolute Gasteiger partial charge is 0.358 e. The molecule has 0 aliphatic heterocycles. The Kier molecular flexibility index (Phi) is 5.24. The Hall–Kier alpha value is -3.59. The summed E-state index contributed by atoms with van der Waals surface area (Å²) < 4.78 is 6.37. The molecule has 4 aromatic heterocycles. The van der Waals surface area contributed by atoms with Gasteiger partial charge in [0.2, 0.25) is 0 Å². The van der Waals surface area contributed by atoms with Crippen LogP contribution in [0.3, 0.4) is 0 Å². The Morgan fingerprint density at radius 2 is 1.94 bits per heavy atom. The molecule has 176 valence electrons. The maximum Gasteiger partial charge on any atom is 0.332 e. The highest BCUT2D eigenvalue weighted by Gasteiger charge is 2.25. The van der Waals surface area contributed by atoms with Gasteiger partial charge in [0.1, 0.15) is 11.1 Å². The van der Waals surface area contributed by atoms with Gasteiger partial charge in [-0.05, 0) is 31.0 Å². The topological polar surface area (TPSA) is 95.4 Å². The first-order chi connectivity index (χ1) is 16.2. The molecule has 5 aromatic rings. The van der Waals surface area contributed by atoms with Crippen LogP contribution in [0.15, 0.2) is 40.2 Å². The van der Waals surface area contributed by atoms with Crippen molar-refractivity contribution in [3.8, 4) is 11.5 Å². The molecule has 0 atom stereocenters. The fourth-order valence-electron chi connectivity index (χ4n) is 4.53. The molecule has 0 radical (unpaired) electrons. The molecule has 0 saturated carbocycles. The van der Waals surface area contributed by atoms with E-state index in [9.17, 15) is 9.59 Å². The van der Waals surface area contributed by atoms with Crippen LogP contribution in [0.1, 0.15) is 25.1 Å². The summed E-state index contributed by atoms with van der Waals surface area (Å²) >= 11 is 6.29. The van der Waals surface area contributed by atoms with Crippen LogP contribution in [0.2, 0.25) is 5.02 Å². The first-order valence-electron chi connectivity index (χ1n) is 11.1. The van der Waals surface area contributed by atoms with Crippen molar-refractivity contribution < 1.29 is 0 Å². The SMILES string of the molecule is Cc1[nH]c2ccc(Cl)cc2c1Cn1nc2c(c1-c1nccn1C)c(=O)n(C)c(=O)n2CC(C)C. The normalized spacial score (nSPS) is 12.0. The minimum absolute atomic E-state index is 0.193. The van der Waals surface area contributed by atoms with Crippen LogP contribution >= 0.6 is 11.6 Å². The smallest absolute Gasteiger partial charge is 0.332 e. The second kappa shape index (κ2) is 8.02. The third kappa shape index (κ3) is 3.38. The predicted molar refractivity (Wildman–Crippen MR) is 133 cm³/mol. The first kappa shape index (κ1) is 22.2. The third-order valence-corrected chi connectivity index (χ3v) is 6.43. The van der Waals surface area contributed by atoms with E-state index >= 15 is 0 Å². The van der Waals surface area contributed by atoms with Gasteiger partial charge in [-0.1, -0.05) is 25.4 Å². The number of hydrogen-bond acceptors (Lipinski definition) is 4. The number of aromatic amines is 1. The van der Waals surface area contributed by atoms with Crippen molar-refractivity contribution in [2.75, 3.05) is 0 Å². The number of nitrogens with zero attached hydrogens (tertiary/aromatic N) is 6. The lowest BCUT2D eigenvalue weighted by Gasteiger charge is -2.11. The average molecular weight is 480 g/mol. The highest BCUT2D eigenvalue weighted by molar-refractivity contribution is 6.31.